The minimum absolute atomic E-state index is 0.0524. The Kier molecular flexibility index (Phi) is 6.84. The molecule has 0 radical (unpaired) electrons. The predicted octanol–water partition coefficient (Wildman–Crippen LogP) is 3.62. The Morgan fingerprint density at radius 1 is 1.23 bits per heavy atom. The Morgan fingerprint density at radius 3 is 2.70 bits per heavy atom. The van der Waals surface area contributed by atoms with Crippen molar-refractivity contribution >= 4 is 56.6 Å². The van der Waals surface area contributed by atoms with Gasteiger partial charge in [0.15, 0.2) is 4.77 Å². The van der Waals surface area contributed by atoms with E-state index in [9.17, 15) is 14.4 Å². The van der Waals surface area contributed by atoms with Gasteiger partial charge in [0.25, 0.3) is 5.56 Å². The molecule has 0 aliphatic rings. The van der Waals surface area contributed by atoms with Crippen LogP contribution in [-0.4, -0.2) is 39.9 Å². The van der Waals surface area contributed by atoms with Crippen LogP contribution in [0.15, 0.2) is 51.7 Å². The van der Waals surface area contributed by atoms with E-state index in [-0.39, 0.29) is 41.7 Å². The molecule has 7 nitrogen and oxygen atoms in total. The summed E-state index contributed by atoms with van der Waals surface area (Å²) in [4.78, 5) is 41.8. The number of carbonyl (C=O) groups excluding carboxylic acids is 2. The zero-order chi connectivity index (χ0) is 21.8. The van der Waals surface area contributed by atoms with Crippen molar-refractivity contribution < 1.29 is 9.59 Å². The highest BCUT2D eigenvalue weighted by Gasteiger charge is 2.15. The van der Waals surface area contributed by atoms with Gasteiger partial charge in [-0.15, -0.1) is 0 Å². The lowest BCUT2D eigenvalue weighted by atomic mass is 10.2. The van der Waals surface area contributed by atoms with Gasteiger partial charge in [-0.1, -0.05) is 28.1 Å². The van der Waals surface area contributed by atoms with Crippen LogP contribution in [0.3, 0.4) is 0 Å². The van der Waals surface area contributed by atoms with Gasteiger partial charge < -0.3 is 15.2 Å². The lowest BCUT2D eigenvalue weighted by Gasteiger charge is -2.18. The summed E-state index contributed by atoms with van der Waals surface area (Å²) in [6.07, 6.45) is 0.0524. The summed E-state index contributed by atoms with van der Waals surface area (Å²) in [6.45, 7) is 1.93. The van der Waals surface area contributed by atoms with E-state index in [1.165, 1.54) is 9.47 Å². The van der Waals surface area contributed by atoms with Gasteiger partial charge >= 0.3 is 0 Å². The Labute approximate surface area is 186 Å². The average molecular weight is 489 g/mol. The van der Waals surface area contributed by atoms with Crippen LogP contribution in [-0.2, 0) is 16.1 Å². The number of fused-ring (bicyclic) bond motifs is 1. The topological polar surface area (TPSA) is 87.2 Å². The molecule has 1 aromatic heterocycles. The van der Waals surface area contributed by atoms with Gasteiger partial charge in [0.1, 0.15) is 0 Å². The molecule has 0 unspecified atom stereocenters. The van der Waals surface area contributed by atoms with E-state index in [0.717, 1.165) is 10.0 Å². The molecule has 3 rings (SSSR count). The smallest absolute Gasteiger partial charge is 0.262 e. The molecule has 156 valence electrons. The van der Waals surface area contributed by atoms with Crippen molar-refractivity contribution in [2.75, 3.05) is 18.9 Å². The average Bonchev–Trinajstić information content (AvgIpc) is 2.69. The largest absolute Gasteiger partial charge is 0.336 e. The van der Waals surface area contributed by atoms with E-state index < -0.39 is 0 Å². The number of hydrogen-bond donors (Lipinski definition) is 2. The second kappa shape index (κ2) is 9.36. The number of likely N-dealkylation sites (N-methyl/N-ethyl adjacent to an activating group) is 1. The summed E-state index contributed by atoms with van der Waals surface area (Å²) in [5.41, 5.74) is 2.02. The number of amides is 2. The van der Waals surface area contributed by atoms with Crippen molar-refractivity contribution in [1.82, 2.24) is 14.5 Å². The molecule has 0 atom stereocenters. The summed E-state index contributed by atoms with van der Waals surface area (Å²) in [7, 11) is 1.56. The van der Waals surface area contributed by atoms with Gasteiger partial charge in [-0.05, 0) is 55.0 Å². The summed E-state index contributed by atoms with van der Waals surface area (Å²) in [5, 5.41) is 3.32. The highest BCUT2D eigenvalue weighted by Crippen LogP contribution is 2.20. The fraction of sp³-hybridized carbons (Fsp3) is 0.238. The number of anilines is 1. The zero-order valence-corrected chi connectivity index (χ0v) is 19.0. The van der Waals surface area contributed by atoms with Gasteiger partial charge in [0, 0.05) is 30.2 Å². The maximum Gasteiger partial charge on any atom is 0.262 e. The van der Waals surface area contributed by atoms with E-state index in [4.69, 9.17) is 12.2 Å². The summed E-state index contributed by atoms with van der Waals surface area (Å²) < 4.78 is 2.56. The lowest BCUT2D eigenvalue weighted by molar-refractivity contribution is -0.133. The lowest BCUT2D eigenvalue weighted by Crippen LogP contribution is -2.36. The van der Waals surface area contributed by atoms with Crippen molar-refractivity contribution in [3.8, 4) is 0 Å². The predicted molar refractivity (Wildman–Crippen MR) is 123 cm³/mol. The summed E-state index contributed by atoms with van der Waals surface area (Å²) >= 11 is 8.65. The van der Waals surface area contributed by atoms with Crippen LogP contribution in [0.25, 0.3) is 10.9 Å². The van der Waals surface area contributed by atoms with E-state index in [1.54, 1.807) is 31.3 Å². The molecule has 2 amide bonds. The van der Waals surface area contributed by atoms with Crippen LogP contribution in [0.1, 0.15) is 12.0 Å². The first-order valence-electron chi connectivity index (χ1n) is 9.28. The Bertz CT molecular complexity index is 1230. The molecule has 0 bridgehead atoms. The van der Waals surface area contributed by atoms with Crippen molar-refractivity contribution in [2.45, 2.75) is 19.9 Å². The van der Waals surface area contributed by atoms with Gasteiger partial charge in [0.2, 0.25) is 11.8 Å². The molecular formula is C21H21BrN4O3S. The fourth-order valence-corrected chi connectivity index (χ4v) is 3.82. The number of benzene rings is 2. The van der Waals surface area contributed by atoms with E-state index >= 15 is 0 Å². The van der Waals surface area contributed by atoms with Crippen molar-refractivity contribution in [3.63, 3.8) is 0 Å². The first kappa shape index (κ1) is 21.9. The monoisotopic (exact) mass is 488 g/mol. The highest BCUT2D eigenvalue weighted by atomic mass is 79.9. The Hall–Kier alpha value is -2.78. The van der Waals surface area contributed by atoms with Gasteiger partial charge in [-0.25, -0.2) is 0 Å². The molecule has 0 fully saturated rings. The number of rotatable bonds is 6. The Morgan fingerprint density at radius 2 is 1.97 bits per heavy atom. The zero-order valence-electron chi connectivity index (χ0n) is 16.6. The molecule has 9 heteroatoms. The van der Waals surface area contributed by atoms with Gasteiger partial charge in [-0.2, -0.15) is 0 Å². The third-order valence-corrected chi connectivity index (χ3v) is 5.52. The number of H-pyrrole nitrogens is 1. The number of halogens is 1. The van der Waals surface area contributed by atoms with Crippen molar-refractivity contribution in [3.05, 3.63) is 67.6 Å². The summed E-state index contributed by atoms with van der Waals surface area (Å²) in [6, 6.07) is 12.6. The quantitative estimate of drug-likeness (QED) is 0.518. The van der Waals surface area contributed by atoms with E-state index in [0.29, 0.717) is 16.6 Å². The third-order valence-electron chi connectivity index (χ3n) is 4.71. The standard InChI is InChI=1S/C21H21BrN4O3S/c1-13-11-14(22)7-8-16(13)23-18(27)12-25(2)19(28)9-10-26-20(29)15-5-3-4-6-17(15)24-21(26)30/h3-8,11H,9-10,12H2,1-2H3,(H,23,27)(H,24,30). The highest BCUT2D eigenvalue weighted by molar-refractivity contribution is 9.10. The van der Waals surface area contributed by atoms with Crippen molar-refractivity contribution in [2.24, 2.45) is 0 Å². The number of para-hydroxylation sites is 1. The number of nitrogens with one attached hydrogen (secondary N) is 2. The summed E-state index contributed by atoms with van der Waals surface area (Å²) in [5.74, 6) is -0.552. The third kappa shape index (κ3) is 5.03. The van der Waals surface area contributed by atoms with Crippen LogP contribution >= 0.6 is 28.1 Å². The maximum absolute atomic E-state index is 12.7. The fourth-order valence-electron chi connectivity index (χ4n) is 3.06. The number of aromatic amines is 1. The molecule has 2 N–H and O–H groups in total. The van der Waals surface area contributed by atoms with Crippen LogP contribution < -0.4 is 10.9 Å². The second-order valence-electron chi connectivity index (χ2n) is 6.94. The number of carbonyl (C=O) groups is 2. The molecule has 0 saturated heterocycles. The first-order valence-corrected chi connectivity index (χ1v) is 10.5. The minimum Gasteiger partial charge on any atom is -0.336 e. The van der Waals surface area contributed by atoms with Gasteiger partial charge in [0.05, 0.1) is 17.4 Å². The molecule has 1 heterocycles. The molecule has 0 aliphatic carbocycles. The van der Waals surface area contributed by atoms with Crippen LogP contribution in [0.4, 0.5) is 5.69 Å². The molecule has 3 aromatic rings. The maximum atomic E-state index is 12.7. The first-order chi connectivity index (χ1) is 14.3. The van der Waals surface area contributed by atoms with Crippen LogP contribution in [0.2, 0.25) is 0 Å². The van der Waals surface area contributed by atoms with Crippen molar-refractivity contribution in [1.29, 1.82) is 0 Å². The van der Waals surface area contributed by atoms with Crippen LogP contribution in [0.5, 0.6) is 0 Å². The molecule has 2 aromatic carbocycles. The Balaban J connectivity index is 1.62. The second-order valence-corrected chi connectivity index (χ2v) is 8.24. The van der Waals surface area contributed by atoms with Crippen LogP contribution in [0, 0.1) is 11.7 Å². The molecule has 0 spiro atoms. The molecule has 0 aliphatic heterocycles. The number of hydrogen-bond acceptors (Lipinski definition) is 4. The molecular weight excluding hydrogens is 468 g/mol. The molecule has 30 heavy (non-hydrogen) atoms. The van der Waals surface area contributed by atoms with E-state index in [2.05, 4.69) is 26.2 Å². The number of aryl methyl sites for hydroxylation is 1. The number of nitrogens with zero attached hydrogens (tertiary/aromatic N) is 2. The molecule has 0 saturated carbocycles. The number of aromatic nitrogens is 2. The minimum atomic E-state index is -0.295. The SMILES string of the molecule is Cc1cc(Br)ccc1NC(=O)CN(C)C(=O)CCn1c(=S)[nH]c2ccccc2c1=O. The van der Waals surface area contributed by atoms with E-state index in [1.807, 2.05) is 25.1 Å². The normalized spacial score (nSPS) is 10.8. The van der Waals surface area contributed by atoms with Gasteiger partial charge in [-0.3, -0.25) is 19.0 Å².